The van der Waals surface area contributed by atoms with E-state index in [0.29, 0.717) is 0 Å². The van der Waals surface area contributed by atoms with Crippen molar-refractivity contribution in [3.8, 4) is 10.4 Å². The van der Waals surface area contributed by atoms with Crippen LogP contribution >= 0.6 is 11.3 Å². The van der Waals surface area contributed by atoms with Gasteiger partial charge in [-0.05, 0) is 48.5 Å². The molecule has 0 unspecified atom stereocenters. The smallest absolute Gasteiger partial charge is 0.241 e. The van der Waals surface area contributed by atoms with E-state index in [-0.39, 0.29) is 11.9 Å². The SMILES string of the molecule is O=C(Nc1ccc(-c2cccs2)cc1)[C@H]1CCCN1. The van der Waals surface area contributed by atoms with E-state index in [1.54, 1.807) is 11.3 Å². The Kier molecular flexibility index (Phi) is 3.62. The lowest BCUT2D eigenvalue weighted by atomic mass is 10.1. The number of rotatable bonds is 3. The molecule has 0 radical (unpaired) electrons. The molecule has 1 aliphatic rings. The van der Waals surface area contributed by atoms with Crippen molar-refractivity contribution in [2.45, 2.75) is 18.9 Å². The quantitative estimate of drug-likeness (QED) is 0.901. The summed E-state index contributed by atoms with van der Waals surface area (Å²) in [5, 5.41) is 8.22. The van der Waals surface area contributed by atoms with Crippen LogP contribution in [0.5, 0.6) is 0 Å². The van der Waals surface area contributed by atoms with Gasteiger partial charge in [-0.25, -0.2) is 0 Å². The monoisotopic (exact) mass is 272 g/mol. The van der Waals surface area contributed by atoms with E-state index < -0.39 is 0 Å². The van der Waals surface area contributed by atoms with Crippen LogP contribution in [0, 0.1) is 0 Å². The van der Waals surface area contributed by atoms with Crippen LogP contribution < -0.4 is 10.6 Å². The number of nitrogens with one attached hydrogen (secondary N) is 2. The third kappa shape index (κ3) is 2.85. The molecule has 0 aliphatic carbocycles. The Morgan fingerprint density at radius 3 is 2.74 bits per heavy atom. The van der Waals surface area contributed by atoms with Crippen LogP contribution in [0.25, 0.3) is 10.4 Å². The van der Waals surface area contributed by atoms with Crippen LogP contribution in [0.3, 0.4) is 0 Å². The second-order valence-electron chi connectivity index (χ2n) is 4.69. The molecule has 1 fully saturated rings. The lowest BCUT2D eigenvalue weighted by molar-refractivity contribution is -0.117. The van der Waals surface area contributed by atoms with E-state index in [1.165, 1.54) is 10.4 Å². The Bertz CT molecular complexity index is 542. The van der Waals surface area contributed by atoms with Crippen molar-refractivity contribution in [1.29, 1.82) is 0 Å². The van der Waals surface area contributed by atoms with Crippen LogP contribution in [0.4, 0.5) is 5.69 Å². The first kappa shape index (κ1) is 12.4. The van der Waals surface area contributed by atoms with Crippen LogP contribution in [-0.2, 0) is 4.79 Å². The molecule has 98 valence electrons. The number of carbonyl (C=O) groups excluding carboxylic acids is 1. The number of thiophene rings is 1. The predicted octanol–water partition coefficient (Wildman–Crippen LogP) is 3.11. The number of anilines is 1. The fourth-order valence-electron chi connectivity index (χ4n) is 2.30. The van der Waals surface area contributed by atoms with E-state index in [2.05, 4.69) is 22.1 Å². The predicted molar refractivity (Wildman–Crippen MR) is 79.4 cm³/mol. The van der Waals surface area contributed by atoms with Gasteiger partial charge in [-0.15, -0.1) is 11.3 Å². The van der Waals surface area contributed by atoms with E-state index >= 15 is 0 Å². The minimum Gasteiger partial charge on any atom is -0.325 e. The molecule has 0 spiro atoms. The van der Waals surface area contributed by atoms with Gasteiger partial charge in [0.2, 0.25) is 5.91 Å². The number of amides is 1. The first-order valence-corrected chi connectivity index (χ1v) is 7.39. The summed E-state index contributed by atoms with van der Waals surface area (Å²) in [5.41, 5.74) is 2.05. The van der Waals surface area contributed by atoms with Crippen molar-refractivity contribution >= 4 is 22.9 Å². The molecule has 1 saturated heterocycles. The Hall–Kier alpha value is -1.65. The van der Waals surface area contributed by atoms with Crippen molar-refractivity contribution in [3.63, 3.8) is 0 Å². The Balaban J connectivity index is 1.67. The van der Waals surface area contributed by atoms with Crippen molar-refractivity contribution in [2.24, 2.45) is 0 Å². The number of hydrogen-bond donors (Lipinski definition) is 2. The zero-order valence-corrected chi connectivity index (χ0v) is 11.4. The van der Waals surface area contributed by atoms with Gasteiger partial charge in [-0.3, -0.25) is 4.79 Å². The summed E-state index contributed by atoms with van der Waals surface area (Å²) < 4.78 is 0. The molecule has 0 saturated carbocycles. The van der Waals surface area contributed by atoms with Crippen molar-refractivity contribution in [1.82, 2.24) is 5.32 Å². The maximum atomic E-state index is 12.0. The summed E-state index contributed by atoms with van der Waals surface area (Å²) in [6.45, 7) is 0.940. The van der Waals surface area contributed by atoms with Crippen LogP contribution in [0.1, 0.15) is 12.8 Å². The number of benzene rings is 1. The molecule has 2 heterocycles. The molecule has 2 aromatic rings. The molecule has 1 aliphatic heterocycles. The maximum absolute atomic E-state index is 12.0. The molecule has 3 nitrogen and oxygen atoms in total. The maximum Gasteiger partial charge on any atom is 0.241 e. The lowest BCUT2D eigenvalue weighted by Gasteiger charge is -2.11. The summed E-state index contributed by atoms with van der Waals surface area (Å²) in [4.78, 5) is 13.2. The summed E-state index contributed by atoms with van der Waals surface area (Å²) in [6, 6.07) is 12.1. The van der Waals surface area contributed by atoms with Gasteiger partial charge in [-0.2, -0.15) is 0 Å². The van der Waals surface area contributed by atoms with Gasteiger partial charge in [0.25, 0.3) is 0 Å². The van der Waals surface area contributed by atoms with Gasteiger partial charge in [0.05, 0.1) is 6.04 Å². The molecule has 19 heavy (non-hydrogen) atoms. The van der Waals surface area contributed by atoms with E-state index in [9.17, 15) is 4.79 Å². The molecule has 3 rings (SSSR count). The third-order valence-electron chi connectivity index (χ3n) is 3.33. The Labute approximate surface area is 116 Å². The van der Waals surface area contributed by atoms with Gasteiger partial charge >= 0.3 is 0 Å². The van der Waals surface area contributed by atoms with Crippen LogP contribution in [-0.4, -0.2) is 18.5 Å². The molecule has 1 aromatic carbocycles. The summed E-state index contributed by atoms with van der Waals surface area (Å²) in [5.74, 6) is 0.0707. The first-order chi connectivity index (χ1) is 9.33. The third-order valence-corrected chi connectivity index (χ3v) is 4.25. The van der Waals surface area contributed by atoms with Crippen molar-refractivity contribution in [2.75, 3.05) is 11.9 Å². The van der Waals surface area contributed by atoms with Crippen LogP contribution in [0.2, 0.25) is 0 Å². The molecular weight excluding hydrogens is 256 g/mol. The van der Waals surface area contributed by atoms with E-state index in [4.69, 9.17) is 0 Å². The van der Waals surface area contributed by atoms with Gasteiger partial charge in [0, 0.05) is 10.6 Å². The second-order valence-corrected chi connectivity index (χ2v) is 5.64. The number of hydrogen-bond acceptors (Lipinski definition) is 3. The van der Waals surface area contributed by atoms with Crippen LogP contribution in [0.15, 0.2) is 41.8 Å². The minimum absolute atomic E-state index is 0.0306. The normalized spacial score (nSPS) is 18.4. The zero-order valence-electron chi connectivity index (χ0n) is 10.6. The minimum atomic E-state index is -0.0306. The summed E-state index contributed by atoms with van der Waals surface area (Å²) in [7, 11) is 0. The average Bonchev–Trinajstić information content (AvgIpc) is 3.13. The molecule has 1 atom stereocenters. The van der Waals surface area contributed by atoms with Gasteiger partial charge in [0.15, 0.2) is 0 Å². The highest BCUT2D eigenvalue weighted by Gasteiger charge is 2.21. The highest BCUT2D eigenvalue weighted by molar-refractivity contribution is 7.13. The largest absolute Gasteiger partial charge is 0.325 e. The molecule has 1 aromatic heterocycles. The van der Waals surface area contributed by atoms with Gasteiger partial charge in [0.1, 0.15) is 0 Å². The van der Waals surface area contributed by atoms with E-state index in [0.717, 1.165) is 25.1 Å². The number of carbonyl (C=O) groups is 1. The highest BCUT2D eigenvalue weighted by atomic mass is 32.1. The summed E-state index contributed by atoms with van der Waals surface area (Å²) >= 11 is 1.72. The Morgan fingerprint density at radius 2 is 2.11 bits per heavy atom. The summed E-state index contributed by atoms with van der Waals surface area (Å²) in [6.07, 6.45) is 2.01. The molecule has 2 N–H and O–H groups in total. The van der Waals surface area contributed by atoms with Gasteiger partial charge in [-0.1, -0.05) is 18.2 Å². The highest BCUT2D eigenvalue weighted by Crippen LogP contribution is 2.25. The topological polar surface area (TPSA) is 41.1 Å². The molecule has 1 amide bonds. The fourth-order valence-corrected chi connectivity index (χ4v) is 3.03. The first-order valence-electron chi connectivity index (χ1n) is 6.51. The van der Waals surface area contributed by atoms with Gasteiger partial charge < -0.3 is 10.6 Å². The molecule has 4 heteroatoms. The van der Waals surface area contributed by atoms with Crippen molar-refractivity contribution < 1.29 is 4.79 Å². The Morgan fingerprint density at radius 1 is 1.26 bits per heavy atom. The standard InChI is InChI=1S/C15H16N2OS/c18-15(13-3-1-9-16-13)17-12-7-5-11(6-8-12)14-4-2-10-19-14/h2,4-8,10,13,16H,1,3,9H2,(H,17,18)/t13-/m1/s1. The lowest BCUT2D eigenvalue weighted by Crippen LogP contribution is -2.35. The average molecular weight is 272 g/mol. The van der Waals surface area contributed by atoms with Crippen molar-refractivity contribution in [3.05, 3.63) is 41.8 Å². The van der Waals surface area contributed by atoms with E-state index in [1.807, 2.05) is 30.3 Å². The molecular formula is C15H16N2OS. The second kappa shape index (κ2) is 5.55. The zero-order chi connectivity index (χ0) is 13.1. The molecule has 0 bridgehead atoms. The fraction of sp³-hybridized carbons (Fsp3) is 0.267.